The number of ether oxygens (including phenoxy) is 1. The van der Waals surface area contributed by atoms with Gasteiger partial charge in [0.05, 0.1) is 4.90 Å². The second-order valence-corrected chi connectivity index (χ2v) is 10.7. The van der Waals surface area contributed by atoms with Gasteiger partial charge in [0.25, 0.3) is 0 Å². The number of hydrogen-bond acceptors (Lipinski definition) is 4. The summed E-state index contributed by atoms with van der Waals surface area (Å²) in [5.74, 6) is -1.36. The normalized spacial score (nSPS) is 13.4. The van der Waals surface area contributed by atoms with Crippen molar-refractivity contribution >= 4 is 31.9 Å². The molecule has 0 unspecified atom stereocenters. The van der Waals surface area contributed by atoms with Crippen LogP contribution in [0.15, 0.2) is 51.8 Å². The van der Waals surface area contributed by atoms with Gasteiger partial charge < -0.3 is 4.74 Å². The van der Waals surface area contributed by atoms with Gasteiger partial charge in [-0.15, -0.1) is 0 Å². The molecule has 0 fully saturated rings. The average molecular weight is 486 g/mol. The smallest absolute Gasteiger partial charge is 0.324 e. The van der Waals surface area contributed by atoms with Crippen LogP contribution in [0.4, 0.5) is 4.39 Å². The molecule has 2 rings (SSSR count). The zero-order chi connectivity index (χ0) is 22.0. The zero-order valence-electron chi connectivity index (χ0n) is 17.0. The largest absolute Gasteiger partial charge is 0.459 e. The molecule has 1 atom stereocenters. The van der Waals surface area contributed by atoms with Crippen molar-refractivity contribution < 1.29 is 22.3 Å². The standard InChI is InChI=1S/C21H25BrFNO4S/c1-13(2)19(20(25)28-21(3,4)5)24-29(26,27)16-9-6-14(7-10-16)17-11-8-15(22)12-18(17)23/h6-13,19,24H,1-5H3/t19-/m0/s1. The Hall–Kier alpha value is -1.77. The van der Waals surface area contributed by atoms with Crippen LogP contribution < -0.4 is 4.72 Å². The highest BCUT2D eigenvalue weighted by atomic mass is 79.9. The van der Waals surface area contributed by atoms with E-state index in [1.54, 1.807) is 46.8 Å². The molecule has 0 saturated carbocycles. The maximum atomic E-state index is 14.1. The lowest BCUT2D eigenvalue weighted by atomic mass is 10.1. The lowest BCUT2D eigenvalue weighted by Crippen LogP contribution is -2.47. The van der Waals surface area contributed by atoms with E-state index in [1.165, 1.54) is 30.3 Å². The highest BCUT2D eigenvalue weighted by Crippen LogP contribution is 2.27. The average Bonchev–Trinajstić information content (AvgIpc) is 2.58. The van der Waals surface area contributed by atoms with Crippen molar-refractivity contribution in [1.29, 1.82) is 0 Å². The van der Waals surface area contributed by atoms with E-state index >= 15 is 0 Å². The number of hydrogen-bond donors (Lipinski definition) is 1. The summed E-state index contributed by atoms with van der Waals surface area (Å²) in [4.78, 5) is 12.4. The van der Waals surface area contributed by atoms with Gasteiger partial charge >= 0.3 is 5.97 Å². The number of sulfonamides is 1. The third-order valence-corrected chi connectivity index (χ3v) is 5.97. The summed E-state index contributed by atoms with van der Waals surface area (Å²) in [6.07, 6.45) is 0. The maximum Gasteiger partial charge on any atom is 0.324 e. The first-order chi connectivity index (χ1) is 13.3. The van der Waals surface area contributed by atoms with E-state index in [4.69, 9.17) is 4.74 Å². The number of nitrogens with one attached hydrogen (secondary N) is 1. The van der Waals surface area contributed by atoms with Gasteiger partial charge in [0, 0.05) is 10.0 Å². The third-order valence-electron chi connectivity index (χ3n) is 4.02. The van der Waals surface area contributed by atoms with Crippen LogP contribution in [0.25, 0.3) is 11.1 Å². The number of carbonyl (C=O) groups excluding carboxylic acids is 1. The number of carbonyl (C=O) groups is 1. The Bertz CT molecular complexity index is 983. The van der Waals surface area contributed by atoms with Crippen LogP contribution in [0.1, 0.15) is 34.6 Å². The maximum absolute atomic E-state index is 14.1. The summed E-state index contributed by atoms with van der Waals surface area (Å²) >= 11 is 3.21. The first-order valence-electron chi connectivity index (χ1n) is 9.11. The highest BCUT2D eigenvalue weighted by molar-refractivity contribution is 9.10. The van der Waals surface area contributed by atoms with Crippen LogP contribution in [-0.2, 0) is 19.6 Å². The molecule has 0 bridgehead atoms. The molecule has 158 valence electrons. The van der Waals surface area contributed by atoms with Gasteiger partial charge in [-0.05, 0) is 56.5 Å². The fraction of sp³-hybridized carbons (Fsp3) is 0.381. The molecular formula is C21H25BrFNO4S. The molecule has 1 N–H and O–H groups in total. The van der Waals surface area contributed by atoms with Crippen LogP contribution in [0, 0.1) is 11.7 Å². The molecule has 5 nitrogen and oxygen atoms in total. The van der Waals surface area contributed by atoms with Gasteiger partial charge in [-0.25, -0.2) is 12.8 Å². The Morgan fingerprint density at radius 2 is 1.69 bits per heavy atom. The SMILES string of the molecule is CC(C)[C@H](NS(=O)(=O)c1ccc(-c2ccc(Br)cc2F)cc1)C(=O)OC(C)(C)C. The van der Waals surface area contributed by atoms with E-state index in [9.17, 15) is 17.6 Å². The minimum Gasteiger partial charge on any atom is -0.459 e. The van der Waals surface area contributed by atoms with Crippen molar-refractivity contribution in [1.82, 2.24) is 4.72 Å². The minimum absolute atomic E-state index is 0.0204. The Kier molecular flexibility index (Phi) is 7.24. The van der Waals surface area contributed by atoms with E-state index in [2.05, 4.69) is 20.7 Å². The molecule has 0 heterocycles. The Morgan fingerprint density at radius 3 is 2.17 bits per heavy atom. The van der Waals surface area contributed by atoms with Gasteiger partial charge in [0.1, 0.15) is 17.5 Å². The third kappa shape index (κ3) is 6.35. The van der Waals surface area contributed by atoms with Crippen molar-refractivity contribution in [3.05, 3.63) is 52.8 Å². The number of rotatable bonds is 6. The first kappa shape index (κ1) is 23.5. The monoisotopic (exact) mass is 485 g/mol. The molecule has 0 aliphatic heterocycles. The van der Waals surface area contributed by atoms with E-state index in [0.29, 0.717) is 15.6 Å². The molecule has 0 amide bonds. The van der Waals surface area contributed by atoms with Gasteiger partial charge in [-0.1, -0.05) is 48.0 Å². The molecule has 0 aliphatic carbocycles. The predicted molar refractivity (Wildman–Crippen MR) is 114 cm³/mol. The molecule has 0 radical (unpaired) electrons. The molecule has 0 aliphatic rings. The van der Waals surface area contributed by atoms with Crippen molar-refractivity contribution in [2.24, 2.45) is 5.92 Å². The number of esters is 1. The number of benzene rings is 2. The lowest BCUT2D eigenvalue weighted by Gasteiger charge is -2.26. The van der Waals surface area contributed by atoms with Crippen molar-refractivity contribution in [3.63, 3.8) is 0 Å². The van der Waals surface area contributed by atoms with Crippen LogP contribution in [0.2, 0.25) is 0 Å². The van der Waals surface area contributed by atoms with Crippen LogP contribution >= 0.6 is 15.9 Å². The van der Waals surface area contributed by atoms with E-state index in [0.717, 1.165) is 0 Å². The van der Waals surface area contributed by atoms with Crippen LogP contribution in [-0.4, -0.2) is 26.0 Å². The van der Waals surface area contributed by atoms with E-state index in [-0.39, 0.29) is 10.8 Å². The fourth-order valence-corrected chi connectivity index (χ4v) is 4.26. The Balaban J connectivity index is 2.27. The first-order valence-corrected chi connectivity index (χ1v) is 11.4. The molecule has 0 aromatic heterocycles. The van der Waals surface area contributed by atoms with Crippen molar-refractivity contribution in [2.75, 3.05) is 0 Å². The second-order valence-electron chi connectivity index (χ2n) is 8.02. The lowest BCUT2D eigenvalue weighted by molar-refractivity contribution is -0.158. The molecular weight excluding hydrogens is 461 g/mol. The van der Waals surface area contributed by atoms with E-state index in [1.807, 2.05) is 0 Å². The number of halogens is 2. The van der Waals surface area contributed by atoms with Crippen LogP contribution in [0.5, 0.6) is 0 Å². The Morgan fingerprint density at radius 1 is 1.10 bits per heavy atom. The van der Waals surface area contributed by atoms with E-state index < -0.39 is 33.5 Å². The Labute approximate surface area is 179 Å². The van der Waals surface area contributed by atoms with Crippen LogP contribution in [0.3, 0.4) is 0 Å². The highest BCUT2D eigenvalue weighted by Gasteiger charge is 2.32. The molecule has 29 heavy (non-hydrogen) atoms. The zero-order valence-corrected chi connectivity index (χ0v) is 19.4. The van der Waals surface area contributed by atoms with Crippen molar-refractivity contribution in [2.45, 2.75) is 51.2 Å². The van der Waals surface area contributed by atoms with Gasteiger partial charge in [0.2, 0.25) is 10.0 Å². The minimum atomic E-state index is -3.97. The van der Waals surface area contributed by atoms with Gasteiger partial charge in [0.15, 0.2) is 0 Å². The summed E-state index contributed by atoms with van der Waals surface area (Å²) in [5, 5.41) is 0. The second kappa shape index (κ2) is 8.93. The summed E-state index contributed by atoms with van der Waals surface area (Å²) in [5.41, 5.74) is 0.173. The molecule has 2 aromatic carbocycles. The summed E-state index contributed by atoms with van der Waals surface area (Å²) in [6.45, 7) is 8.62. The van der Waals surface area contributed by atoms with Gasteiger partial charge in [-0.2, -0.15) is 4.72 Å². The molecule has 8 heteroatoms. The molecule has 0 spiro atoms. The van der Waals surface area contributed by atoms with Crippen molar-refractivity contribution in [3.8, 4) is 11.1 Å². The summed E-state index contributed by atoms with van der Waals surface area (Å²) < 4.78 is 48.1. The topological polar surface area (TPSA) is 72.5 Å². The predicted octanol–water partition coefficient (Wildman–Crippen LogP) is 4.90. The van der Waals surface area contributed by atoms with Gasteiger partial charge in [-0.3, -0.25) is 4.79 Å². The summed E-state index contributed by atoms with van der Waals surface area (Å²) in [7, 11) is -3.97. The molecule has 0 saturated heterocycles. The summed E-state index contributed by atoms with van der Waals surface area (Å²) in [6, 6.07) is 9.45. The quantitative estimate of drug-likeness (QED) is 0.590. The fourth-order valence-electron chi connectivity index (χ4n) is 2.59. The molecule has 2 aromatic rings.